The number of hydrogen-bond donors (Lipinski definition) is 1. The summed E-state index contributed by atoms with van der Waals surface area (Å²) in [5.41, 5.74) is 1.22. The number of nitrogens with zero attached hydrogens (tertiary/aromatic N) is 1. The monoisotopic (exact) mass is 306 g/mol. The summed E-state index contributed by atoms with van der Waals surface area (Å²) in [6, 6.07) is 2.26. The highest BCUT2D eigenvalue weighted by Crippen LogP contribution is 2.36. The molecule has 114 valence electrons. The van der Waals surface area contributed by atoms with Gasteiger partial charge in [-0.15, -0.1) is 11.3 Å². The van der Waals surface area contributed by atoms with Crippen molar-refractivity contribution in [1.82, 2.24) is 0 Å². The minimum absolute atomic E-state index is 0.492. The molecule has 1 aliphatic carbocycles. The van der Waals surface area contributed by atoms with Crippen LogP contribution in [0, 0.1) is 11.3 Å². The van der Waals surface area contributed by atoms with Crippen LogP contribution < -0.4 is 5.32 Å². The van der Waals surface area contributed by atoms with Crippen molar-refractivity contribution in [2.24, 2.45) is 0 Å². The van der Waals surface area contributed by atoms with E-state index in [0.717, 1.165) is 31.2 Å². The molecule has 0 saturated heterocycles. The van der Waals surface area contributed by atoms with E-state index in [2.05, 4.69) is 11.4 Å². The third-order valence-corrected chi connectivity index (χ3v) is 4.60. The van der Waals surface area contributed by atoms with Crippen LogP contribution >= 0.6 is 11.3 Å². The highest BCUT2D eigenvalue weighted by atomic mass is 32.1. The van der Waals surface area contributed by atoms with Gasteiger partial charge in [-0.3, -0.25) is 5.32 Å². The first-order chi connectivity index (χ1) is 9.90. The van der Waals surface area contributed by atoms with Gasteiger partial charge in [0, 0.05) is 4.88 Å². The standard InChI is InChI=1S/C16H22N2O2S/c1-16(2,3)20-15(19)18-14-12(10-17)11-8-6-4-5-7-9-13(11)21-14/h4-9H2,1-3H3,(H,18,19). The largest absolute Gasteiger partial charge is 0.444 e. The molecule has 0 unspecified atom stereocenters. The SMILES string of the molecule is CC(C)(C)OC(=O)Nc1sc2c(c1C#N)CCCCCC2. The van der Waals surface area contributed by atoms with E-state index in [9.17, 15) is 10.1 Å². The average molecular weight is 306 g/mol. The van der Waals surface area contributed by atoms with Gasteiger partial charge < -0.3 is 4.74 Å². The Bertz CT molecular complexity index is 564. The van der Waals surface area contributed by atoms with Gasteiger partial charge in [0.15, 0.2) is 0 Å². The Morgan fingerprint density at radius 3 is 2.52 bits per heavy atom. The van der Waals surface area contributed by atoms with Gasteiger partial charge in [-0.1, -0.05) is 12.8 Å². The molecule has 0 fully saturated rings. The molecule has 4 nitrogen and oxygen atoms in total. The molecule has 1 aromatic rings. The minimum atomic E-state index is -0.539. The molecule has 2 rings (SSSR count). The lowest BCUT2D eigenvalue weighted by atomic mass is 9.97. The lowest BCUT2D eigenvalue weighted by molar-refractivity contribution is 0.0636. The molecule has 0 aromatic carbocycles. The Kier molecular flexibility index (Phi) is 4.89. The number of fused-ring (bicyclic) bond motifs is 1. The van der Waals surface area contributed by atoms with E-state index in [1.54, 1.807) is 0 Å². The third-order valence-electron chi connectivity index (χ3n) is 3.40. The van der Waals surface area contributed by atoms with Crippen LogP contribution in [0.1, 0.15) is 62.5 Å². The first-order valence-corrected chi connectivity index (χ1v) is 8.27. The molecular weight excluding hydrogens is 284 g/mol. The highest BCUT2D eigenvalue weighted by Gasteiger charge is 2.22. The molecule has 1 heterocycles. The fourth-order valence-corrected chi connectivity index (χ4v) is 3.75. The Morgan fingerprint density at radius 1 is 1.24 bits per heavy atom. The summed E-state index contributed by atoms with van der Waals surface area (Å²) in [5.74, 6) is 0. The van der Waals surface area contributed by atoms with E-state index in [1.165, 1.54) is 29.1 Å². The van der Waals surface area contributed by atoms with Crippen LogP contribution in [0.25, 0.3) is 0 Å². The predicted octanol–water partition coefficient (Wildman–Crippen LogP) is 4.63. The van der Waals surface area contributed by atoms with Crippen LogP contribution in [0.2, 0.25) is 0 Å². The zero-order valence-electron chi connectivity index (χ0n) is 12.9. The quantitative estimate of drug-likeness (QED) is 0.823. The number of nitrogens with one attached hydrogen (secondary N) is 1. The predicted molar refractivity (Wildman–Crippen MR) is 84.8 cm³/mol. The molecule has 21 heavy (non-hydrogen) atoms. The number of ether oxygens (including phenoxy) is 1. The number of aryl methyl sites for hydroxylation is 1. The van der Waals surface area contributed by atoms with Crippen LogP contribution in [0.15, 0.2) is 0 Å². The number of thiophene rings is 1. The Morgan fingerprint density at radius 2 is 1.90 bits per heavy atom. The van der Waals surface area contributed by atoms with Crippen molar-refractivity contribution in [2.75, 3.05) is 5.32 Å². The molecule has 0 saturated carbocycles. The van der Waals surface area contributed by atoms with E-state index in [-0.39, 0.29) is 0 Å². The smallest absolute Gasteiger partial charge is 0.412 e. The molecule has 1 aliphatic rings. The topological polar surface area (TPSA) is 62.1 Å². The fraction of sp³-hybridized carbons (Fsp3) is 0.625. The van der Waals surface area contributed by atoms with Crippen LogP contribution in [0.4, 0.5) is 9.80 Å². The van der Waals surface area contributed by atoms with Crippen LogP contribution in [-0.2, 0) is 17.6 Å². The molecule has 1 aromatic heterocycles. The molecule has 5 heteroatoms. The second-order valence-corrected chi connectivity index (χ2v) is 7.47. The van der Waals surface area contributed by atoms with Gasteiger partial charge in [-0.05, 0) is 52.0 Å². The van der Waals surface area contributed by atoms with E-state index >= 15 is 0 Å². The average Bonchev–Trinajstić information content (AvgIpc) is 2.63. The van der Waals surface area contributed by atoms with E-state index in [0.29, 0.717) is 10.6 Å². The number of hydrogen-bond acceptors (Lipinski definition) is 4. The minimum Gasteiger partial charge on any atom is -0.444 e. The van der Waals surface area contributed by atoms with Crippen molar-refractivity contribution in [3.05, 3.63) is 16.0 Å². The maximum atomic E-state index is 11.9. The first-order valence-electron chi connectivity index (χ1n) is 7.45. The maximum absolute atomic E-state index is 11.9. The summed E-state index contributed by atoms with van der Waals surface area (Å²) in [7, 11) is 0. The molecule has 0 bridgehead atoms. The van der Waals surface area contributed by atoms with Gasteiger partial charge >= 0.3 is 6.09 Å². The van der Waals surface area contributed by atoms with Crippen molar-refractivity contribution in [2.45, 2.75) is 64.9 Å². The maximum Gasteiger partial charge on any atom is 0.412 e. The van der Waals surface area contributed by atoms with Gasteiger partial charge in [-0.2, -0.15) is 5.26 Å². The zero-order chi connectivity index (χ0) is 15.5. The van der Waals surface area contributed by atoms with Gasteiger partial charge in [0.05, 0.1) is 5.56 Å². The normalized spacial score (nSPS) is 15.3. The summed E-state index contributed by atoms with van der Waals surface area (Å²) in [6.45, 7) is 5.47. The first kappa shape index (κ1) is 15.8. The summed E-state index contributed by atoms with van der Waals surface area (Å²) < 4.78 is 5.27. The fourth-order valence-electron chi connectivity index (χ4n) is 2.52. The lowest BCUT2D eigenvalue weighted by Crippen LogP contribution is -2.27. The number of anilines is 1. The molecule has 1 N–H and O–H groups in total. The Hall–Kier alpha value is -1.54. The van der Waals surface area contributed by atoms with Gasteiger partial charge in [0.25, 0.3) is 0 Å². The number of rotatable bonds is 1. The number of carbonyl (C=O) groups is 1. The Labute approximate surface area is 130 Å². The number of amides is 1. The van der Waals surface area contributed by atoms with Crippen molar-refractivity contribution >= 4 is 22.4 Å². The second kappa shape index (κ2) is 6.48. The Balaban J connectivity index is 2.22. The molecular formula is C16H22N2O2S. The molecule has 0 atom stereocenters. The summed E-state index contributed by atoms with van der Waals surface area (Å²) in [5, 5.41) is 12.8. The zero-order valence-corrected chi connectivity index (χ0v) is 13.7. The molecule has 0 radical (unpaired) electrons. The van der Waals surface area contributed by atoms with Crippen molar-refractivity contribution in [3.8, 4) is 6.07 Å². The summed E-state index contributed by atoms with van der Waals surface area (Å²) >= 11 is 1.53. The lowest BCUT2D eigenvalue weighted by Gasteiger charge is -2.19. The van der Waals surface area contributed by atoms with Crippen molar-refractivity contribution < 1.29 is 9.53 Å². The molecule has 1 amide bonds. The van der Waals surface area contributed by atoms with E-state index in [4.69, 9.17) is 4.74 Å². The van der Waals surface area contributed by atoms with Gasteiger partial charge in [0.2, 0.25) is 0 Å². The van der Waals surface area contributed by atoms with Crippen LogP contribution in [0.3, 0.4) is 0 Å². The van der Waals surface area contributed by atoms with Crippen molar-refractivity contribution in [1.29, 1.82) is 5.26 Å². The van der Waals surface area contributed by atoms with Crippen molar-refractivity contribution in [3.63, 3.8) is 0 Å². The number of nitriles is 1. The second-order valence-electron chi connectivity index (χ2n) is 6.36. The van der Waals surface area contributed by atoms with Gasteiger partial charge in [-0.25, -0.2) is 4.79 Å². The summed E-state index contributed by atoms with van der Waals surface area (Å²) in [6.07, 6.45) is 6.18. The summed E-state index contributed by atoms with van der Waals surface area (Å²) in [4.78, 5) is 13.2. The van der Waals surface area contributed by atoms with Crippen LogP contribution in [0.5, 0.6) is 0 Å². The van der Waals surface area contributed by atoms with Crippen LogP contribution in [-0.4, -0.2) is 11.7 Å². The third kappa shape index (κ3) is 4.21. The van der Waals surface area contributed by atoms with E-state index in [1.807, 2.05) is 20.8 Å². The molecule has 0 aliphatic heterocycles. The van der Waals surface area contributed by atoms with Gasteiger partial charge in [0.1, 0.15) is 16.7 Å². The van der Waals surface area contributed by atoms with E-state index < -0.39 is 11.7 Å². The highest BCUT2D eigenvalue weighted by molar-refractivity contribution is 7.16. The molecule has 0 spiro atoms. The number of carbonyl (C=O) groups excluding carboxylic acids is 1.